The Morgan fingerprint density at radius 1 is 1.32 bits per heavy atom. The highest BCUT2D eigenvalue weighted by Gasteiger charge is 2.39. The van der Waals surface area contributed by atoms with Gasteiger partial charge in [-0.3, -0.25) is 14.9 Å². The lowest BCUT2D eigenvalue weighted by Gasteiger charge is -2.38. The molecule has 4 N–H and O–H groups in total. The van der Waals surface area contributed by atoms with Crippen LogP contribution in [0.15, 0.2) is 0 Å². The number of hydrogen-bond donors (Lipinski definition) is 3. The second kappa shape index (κ2) is 6.51. The summed E-state index contributed by atoms with van der Waals surface area (Å²) in [6.07, 6.45) is 2.00. The van der Waals surface area contributed by atoms with Crippen LogP contribution >= 0.6 is 0 Å². The number of urea groups is 1. The average molecular weight is 271 g/mol. The Balaban J connectivity index is 2.36. The van der Waals surface area contributed by atoms with Crippen LogP contribution in [0.1, 0.15) is 32.6 Å². The molecule has 0 aliphatic carbocycles. The van der Waals surface area contributed by atoms with E-state index >= 15 is 0 Å². The molecule has 19 heavy (non-hydrogen) atoms. The molecule has 0 aromatic heterocycles. The first-order valence-electron chi connectivity index (χ1n) is 6.44. The minimum absolute atomic E-state index is 0.190. The van der Waals surface area contributed by atoms with E-state index in [2.05, 4.69) is 0 Å². The van der Waals surface area contributed by atoms with Gasteiger partial charge in [-0.15, -0.1) is 0 Å². The van der Waals surface area contributed by atoms with Crippen LogP contribution < -0.4 is 11.1 Å². The van der Waals surface area contributed by atoms with Gasteiger partial charge in [0.15, 0.2) is 0 Å². The molecule has 1 fully saturated rings. The molecule has 0 bridgehead atoms. The van der Waals surface area contributed by atoms with Crippen molar-refractivity contribution in [2.75, 3.05) is 19.6 Å². The van der Waals surface area contributed by atoms with Crippen LogP contribution in [0.3, 0.4) is 0 Å². The van der Waals surface area contributed by atoms with Crippen molar-refractivity contribution in [2.45, 2.75) is 32.6 Å². The average Bonchev–Trinajstić information content (AvgIpc) is 2.36. The topological polar surface area (TPSA) is 113 Å². The van der Waals surface area contributed by atoms with Crippen molar-refractivity contribution in [3.05, 3.63) is 0 Å². The summed E-state index contributed by atoms with van der Waals surface area (Å²) >= 11 is 0. The summed E-state index contributed by atoms with van der Waals surface area (Å²) in [5.74, 6) is -1.14. The first-order chi connectivity index (χ1) is 8.89. The fourth-order valence-electron chi connectivity index (χ4n) is 2.38. The molecule has 0 atom stereocenters. The lowest BCUT2D eigenvalue weighted by molar-refractivity contribution is -0.152. The summed E-state index contributed by atoms with van der Waals surface area (Å²) in [4.78, 5) is 35.0. The van der Waals surface area contributed by atoms with Crippen molar-refractivity contribution in [1.82, 2.24) is 10.2 Å². The van der Waals surface area contributed by atoms with Gasteiger partial charge >= 0.3 is 12.0 Å². The number of imide groups is 1. The Morgan fingerprint density at radius 3 is 2.32 bits per heavy atom. The van der Waals surface area contributed by atoms with Crippen LogP contribution in [0.25, 0.3) is 0 Å². The van der Waals surface area contributed by atoms with Crippen LogP contribution in [0.2, 0.25) is 0 Å². The van der Waals surface area contributed by atoms with Crippen molar-refractivity contribution in [1.29, 1.82) is 0 Å². The number of nitrogens with zero attached hydrogens (tertiary/aromatic N) is 1. The summed E-state index contributed by atoms with van der Waals surface area (Å²) in [6, 6.07) is -0.848. The molecule has 0 aromatic rings. The molecule has 108 valence electrons. The largest absolute Gasteiger partial charge is 0.481 e. The fraction of sp³-hybridized carbons (Fsp3) is 0.750. The fourth-order valence-corrected chi connectivity index (χ4v) is 2.38. The second-order valence-electron chi connectivity index (χ2n) is 4.94. The highest BCUT2D eigenvalue weighted by molar-refractivity contribution is 5.93. The summed E-state index contributed by atoms with van der Waals surface area (Å²) < 4.78 is 0. The molecule has 0 unspecified atom stereocenters. The van der Waals surface area contributed by atoms with Gasteiger partial charge in [0.05, 0.1) is 5.41 Å². The third-order valence-electron chi connectivity index (χ3n) is 3.86. The molecule has 7 heteroatoms. The van der Waals surface area contributed by atoms with Gasteiger partial charge in [-0.05, 0) is 32.4 Å². The molecule has 1 heterocycles. The van der Waals surface area contributed by atoms with E-state index in [-0.39, 0.29) is 6.42 Å². The van der Waals surface area contributed by atoms with E-state index in [9.17, 15) is 19.5 Å². The molecule has 1 rings (SSSR count). The number of carboxylic acids is 1. The zero-order valence-corrected chi connectivity index (χ0v) is 11.1. The molecular formula is C12H21N3O4. The Bertz CT molecular complexity index is 362. The predicted octanol–water partition coefficient (Wildman–Crippen LogP) is 0.148. The summed E-state index contributed by atoms with van der Waals surface area (Å²) in [7, 11) is 0. The van der Waals surface area contributed by atoms with E-state index in [4.69, 9.17) is 5.73 Å². The number of nitrogens with one attached hydrogen (secondary N) is 1. The molecule has 7 nitrogen and oxygen atoms in total. The molecule has 0 spiro atoms. The summed E-state index contributed by atoms with van der Waals surface area (Å²) in [6.45, 7) is 3.72. The van der Waals surface area contributed by atoms with E-state index in [0.29, 0.717) is 38.9 Å². The summed E-state index contributed by atoms with van der Waals surface area (Å²) in [5.41, 5.74) is 4.22. The number of carbonyl (C=O) groups is 3. The third-order valence-corrected chi connectivity index (χ3v) is 3.86. The third kappa shape index (κ3) is 4.20. The number of rotatable bonds is 5. The molecule has 0 aromatic carbocycles. The van der Waals surface area contributed by atoms with Crippen molar-refractivity contribution >= 4 is 17.9 Å². The zero-order valence-electron chi connectivity index (χ0n) is 11.1. The van der Waals surface area contributed by atoms with Crippen molar-refractivity contribution < 1.29 is 19.5 Å². The number of amides is 3. The molecule has 1 aliphatic heterocycles. The number of carboxylic acid groups (broad SMARTS) is 1. The molecule has 1 aliphatic rings. The maximum Gasteiger partial charge on any atom is 0.318 e. The van der Waals surface area contributed by atoms with E-state index in [1.807, 2.05) is 17.1 Å². The highest BCUT2D eigenvalue weighted by Crippen LogP contribution is 2.35. The first kappa shape index (κ1) is 15.4. The smallest absolute Gasteiger partial charge is 0.318 e. The van der Waals surface area contributed by atoms with Gasteiger partial charge < -0.3 is 15.7 Å². The normalized spacial score (nSPS) is 18.8. The van der Waals surface area contributed by atoms with Gasteiger partial charge in [-0.1, -0.05) is 6.92 Å². The number of piperidine rings is 1. The minimum atomic E-state index is -0.848. The molecular weight excluding hydrogens is 250 g/mol. The quantitative estimate of drug-likeness (QED) is 0.658. The maximum absolute atomic E-state index is 11.3. The van der Waals surface area contributed by atoms with E-state index in [0.717, 1.165) is 0 Å². The Morgan fingerprint density at radius 2 is 1.89 bits per heavy atom. The Labute approximate surface area is 112 Å². The van der Waals surface area contributed by atoms with Crippen molar-refractivity contribution in [3.8, 4) is 0 Å². The van der Waals surface area contributed by atoms with Crippen LogP contribution in [-0.4, -0.2) is 47.5 Å². The van der Waals surface area contributed by atoms with Gasteiger partial charge in [0.1, 0.15) is 0 Å². The van der Waals surface area contributed by atoms with Crippen LogP contribution in [-0.2, 0) is 9.59 Å². The van der Waals surface area contributed by atoms with Gasteiger partial charge in [0.25, 0.3) is 0 Å². The maximum atomic E-state index is 11.3. The molecule has 0 saturated carbocycles. The van der Waals surface area contributed by atoms with Crippen molar-refractivity contribution in [3.63, 3.8) is 0 Å². The van der Waals surface area contributed by atoms with Crippen molar-refractivity contribution in [2.24, 2.45) is 11.1 Å². The zero-order chi connectivity index (χ0) is 14.5. The monoisotopic (exact) mass is 271 g/mol. The van der Waals surface area contributed by atoms with E-state index < -0.39 is 23.3 Å². The highest BCUT2D eigenvalue weighted by atomic mass is 16.4. The number of hydrogen-bond acceptors (Lipinski definition) is 4. The number of nitrogens with two attached hydrogens (primary N) is 1. The van der Waals surface area contributed by atoms with E-state index in [1.54, 1.807) is 0 Å². The predicted molar refractivity (Wildman–Crippen MR) is 68.4 cm³/mol. The summed E-state index contributed by atoms with van der Waals surface area (Å²) in [5, 5.41) is 11.3. The minimum Gasteiger partial charge on any atom is -0.481 e. The number of carbonyl (C=O) groups excluding carboxylic acids is 2. The van der Waals surface area contributed by atoms with Crippen LogP contribution in [0.5, 0.6) is 0 Å². The number of likely N-dealkylation sites (tertiary alicyclic amines) is 1. The van der Waals surface area contributed by atoms with Crippen LogP contribution in [0.4, 0.5) is 4.79 Å². The molecule has 1 saturated heterocycles. The molecule has 0 radical (unpaired) electrons. The van der Waals surface area contributed by atoms with E-state index in [1.165, 1.54) is 0 Å². The van der Waals surface area contributed by atoms with Gasteiger partial charge in [-0.2, -0.15) is 0 Å². The Kier molecular flexibility index (Phi) is 5.29. The lowest BCUT2D eigenvalue weighted by atomic mass is 9.76. The number of aliphatic carboxylic acids is 1. The van der Waals surface area contributed by atoms with Gasteiger partial charge in [0.2, 0.25) is 5.91 Å². The first-order valence-corrected chi connectivity index (χ1v) is 6.44. The lowest BCUT2D eigenvalue weighted by Crippen LogP contribution is -2.45. The van der Waals surface area contributed by atoms with Crippen LogP contribution in [0, 0.1) is 5.41 Å². The standard InChI is InChI=1S/C12H21N3O4/c1-2-12(10(17)18)4-7-15(8-5-12)6-3-9(16)14-11(13)19/h2-8H2,1H3,(H,17,18)(H3,13,14,16,19). The Hall–Kier alpha value is -1.63. The van der Waals surface area contributed by atoms with Gasteiger partial charge in [-0.25, -0.2) is 4.79 Å². The molecule has 3 amide bonds. The SMILES string of the molecule is CCC1(C(=O)O)CCN(CCC(=O)NC(N)=O)CC1. The second-order valence-corrected chi connectivity index (χ2v) is 4.94. The van der Waals surface area contributed by atoms with Gasteiger partial charge in [0, 0.05) is 13.0 Å². The number of primary amides is 1.